The predicted molar refractivity (Wildman–Crippen MR) is 67.6 cm³/mol. The standard InChI is InChI=1S/C12H22N2O.ClH/c1-2-12(6-4-7-12)11(15)14-8-3-5-10(13)9-14;/h10H,2-9,13H2,1H3;1H/t10-;/m1./s1. The summed E-state index contributed by atoms with van der Waals surface area (Å²) in [5, 5.41) is 0. The number of likely N-dealkylation sites (tertiary alicyclic amines) is 1. The second-order valence-electron chi connectivity index (χ2n) is 5.14. The molecule has 1 aliphatic heterocycles. The van der Waals surface area contributed by atoms with Crippen molar-refractivity contribution >= 4 is 18.3 Å². The fourth-order valence-corrected chi connectivity index (χ4v) is 2.85. The molecule has 0 radical (unpaired) electrons. The SMILES string of the molecule is CCC1(C(=O)N2CCC[C@@H](N)C2)CCC1.Cl. The summed E-state index contributed by atoms with van der Waals surface area (Å²) in [6.07, 6.45) is 6.55. The summed E-state index contributed by atoms with van der Waals surface area (Å²) in [5.74, 6) is 0.381. The van der Waals surface area contributed by atoms with E-state index in [1.165, 1.54) is 6.42 Å². The van der Waals surface area contributed by atoms with Crippen molar-refractivity contribution in [1.82, 2.24) is 4.90 Å². The Bertz CT molecular complexity index is 248. The zero-order valence-corrected chi connectivity index (χ0v) is 10.9. The Morgan fingerprint density at radius 3 is 2.56 bits per heavy atom. The second-order valence-corrected chi connectivity index (χ2v) is 5.14. The Kier molecular flexibility index (Phi) is 4.62. The highest BCUT2D eigenvalue weighted by Gasteiger charge is 2.44. The lowest BCUT2D eigenvalue weighted by molar-refractivity contribution is -0.149. The molecule has 4 heteroatoms. The van der Waals surface area contributed by atoms with Gasteiger partial charge in [0, 0.05) is 24.5 Å². The summed E-state index contributed by atoms with van der Waals surface area (Å²) in [4.78, 5) is 14.4. The summed E-state index contributed by atoms with van der Waals surface area (Å²) in [6, 6.07) is 0.205. The minimum absolute atomic E-state index is 0. The first-order chi connectivity index (χ1) is 7.18. The molecular weight excluding hydrogens is 224 g/mol. The number of carbonyl (C=O) groups is 1. The number of hydrogen-bond acceptors (Lipinski definition) is 2. The monoisotopic (exact) mass is 246 g/mol. The highest BCUT2D eigenvalue weighted by atomic mass is 35.5. The van der Waals surface area contributed by atoms with Crippen LogP contribution in [0, 0.1) is 5.41 Å². The van der Waals surface area contributed by atoms with Gasteiger partial charge in [-0.15, -0.1) is 12.4 Å². The Morgan fingerprint density at radius 2 is 2.12 bits per heavy atom. The van der Waals surface area contributed by atoms with Gasteiger partial charge in [0.1, 0.15) is 0 Å². The van der Waals surface area contributed by atoms with E-state index in [0.717, 1.165) is 45.2 Å². The normalized spacial score (nSPS) is 27.9. The Balaban J connectivity index is 0.00000128. The van der Waals surface area contributed by atoms with Crippen LogP contribution >= 0.6 is 12.4 Å². The number of piperidine rings is 1. The molecule has 0 aromatic rings. The quantitative estimate of drug-likeness (QED) is 0.810. The smallest absolute Gasteiger partial charge is 0.228 e. The Morgan fingerprint density at radius 1 is 1.44 bits per heavy atom. The maximum atomic E-state index is 12.3. The third kappa shape index (κ3) is 2.35. The molecule has 0 aromatic heterocycles. The molecule has 1 aliphatic carbocycles. The van der Waals surface area contributed by atoms with E-state index in [-0.39, 0.29) is 23.9 Å². The van der Waals surface area contributed by atoms with Gasteiger partial charge in [0.15, 0.2) is 0 Å². The van der Waals surface area contributed by atoms with Crippen LogP contribution in [-0.2, 0) is 4.79 Å². The number of hydrogen-bond donors (Lipinski definition) is 1. The van der Waals surface area contributed by atoms with Gasteiger partial charge < -0.3 is 10.6 Å². The average Bonchev–Trinajstić information content (AvgIpc) is 2.17. The molecule has 2 fully saturated rings. The van der Waals surface area contributed by atoms with Gasteiger partial charge in [0.05, 0.1) is 0 Å². The van der Waals surface area contributed by atoms with Crippen molar-refractivity contribution in [2.75, 3.05) is 13.1 Å². The molecular formula is C12H23ClN2O. The average molecular weight is 247 g/mol. The maximum Gasteiger partial charge on any atom is 0.228 e. The van der Waals surface area contributed by atoms with Crippen molar-refractivity contribution in [2.45, 2.75) is 51.5 Å². The maximum absolute atomic E-state index is 12.3. The van der Waals surface area contributed by atoms with Crippen molar-refractivity contribution in [1.29, 1.82) is 0 Å². The van der Waals surface area contributed by atoms with E-state index in [2.05, 4.69) is 6.92 Å². The lowest BCUT2D eigenvalue weighted by Crippen LogP contribution is -2.53. The van der Waals surface area contributed by atoms with Crippen LogP contribution in [0.25, 0.3) is 0 Å². The summed E-state index contributed by atoms with van der Waals surface area (Å²) >= 11 is 0. The molecule has 0 aromatic carbocycles. The van der Waals surface area contributed by atoms with Crippen LogP contribution in [0.4, 0.5) is 0 Å². The molecule has 0 unspecified atom stereocenters. The summed E-state index contributed by atoms with van der Waals surface area (Å²) < 4.78 is 0. The first-order valence-corrected chi connectivity index (χ1v) is 6.23. The number of carbonyl (C=O) groups excluding carboxylic acids is 1. The van der Waals surface area contributed by atoms with Crippen LogP contribution in [0.1, 0.15) is 45.4 Å². The van der Waals surface area contributed by atoms with Gasteiger partial charge in [-0.25, -0.2) is 0 Å². The van der Waals surface area contributed by atoms with E-state index in [0.29, 0.717) is 5.91 Å². The van der Waals surface area contributed by atoms with Crippen molar-refractivity contribution in [3.63, 3.8) is 0 Å². The van der Waals surface area contributed by atoms with Crippen LogP contribution in [-0.4, -0.2) is 29.9 Å². The van der Waals surface area contributed by atoms with Gasteiger partial charge in [-0.1, -0.05) is 13.3 Å². The number of nitrogens with zero attached hydrogens (tertiary/aromatic N) is 1. The molecule has 2 aliphatic rings. The van der Waals surface area contributed by atoms with Gasteiger partial charge in [-0.2, -0.15) is 0 Å². The molecule has 1 atom stereocenters. The minimum Gasteiger partial charge on any atom is -0.341 e. The fourth-order valence-electron chi connectivity index (χ4n) is 2.85. The molecule has 2 N–H and O–H groups in total. The fraction of sp³-hybridized carbons (Fsp3) is 0.917. The van der Waals surface area contributed by atoms with Gasteiger partial charge >= 0.3 is 0 Å². The van der Waals surface area contributed by atoms with Crippen LogP contribution < -0.4 is 5.73 Å². The van der Waals surface area contributed by atoms with Crippen molar-refractivity contribution < 1.29 is 4.79 Å². The van der Waals surface area contributed by atoms with E-state index in [1.54, 1.807) is 0 Å². The molecule has 1 heterocycles. The first-order valence-electron chi connectivity index (χ1n) is 6.23. The van der Waals surface area contributed by atoms with Crippen molar-refractivity contribution in [3.05, 3.63) is 0 Å². The molecule has 1 saturated carbocycles. The van der Waals surface area contributed by atoms with Gasteiger partial charge in [-0.05, 0) is 32.1 Å². The minimum atomic E-state index is -0.00292. The Labute approximate surface area is 104 Å². The molecule has 0 spiro atoms. The highest BCUT2D eigenvalue weighted by molar-refractivity contribution is 5.85. The third-order valence-corrected chi connectivity index (χ3v) is 4.19. The molecule has 2 rings (SSSR count). The first kappa shape index (κ1) is 13.8. The third-order valence-electron chi connectivity index (χ3n) is 4.19. The largest absolute Gasteiger partial charge is 0.341 e. The lowest BCUT2D eigenvalue weighted by Gasteiger charge is -2.44. The van der Waals surface area contributed by atoms with E-state index in [1.807, 2.05) is 4.90 Å². The highest BCUT2D eigenvalue weighted by Crippen LogP contribution is 2.45. The summed E-state index contributed by atoms with van der Waals surface area (Å²) in [5.41, 5.74) is 5.91. The van der Waals surface area contributed by atoms with Crippen LogP contribution in [0.2, 0.25) is 0 Å². The van der Waals surface area contributed by atoms with Crippen molar-refractivity contribution in [3.8, 4) is 0 Å². The summed E-state index contributed by atoms with van der Waals surface area (Å²) in [6.45, 7) is 3.84. The van der Waals surface area contributed by atoms with E-state index in [4.69, 9.17) is 5.73 Å². The van der Waals surface area contributed by atoms with Crippen LogP contribution in [0.5, 0.6) is 0 Å². The predicted octanol–water partition coefficient (Wildman–Crippen LogP) is 1.94. The summed E-state index contributed by atoms with van der Waals surface area (Å²) in [7, 11) is 0. The van der Waals surface area contributed by atoms with E-state index >= 15 is 0 Å². The van der Waals surface area contributed by atoms with Gasteiger partial charge in [0.25, 0.3) is 0 Å². The molecule has 0 bridgehead atoms. The Hall–Kier alpha value is -0.280. The van der Waals surface area contributed by atoms with Crippen molar-refractivity contribution in [2.24, 2.45) is 11.1 Å². The van der Waals surface area contributed by atoms with Gasteiger partial charge in [0.2, 0.25) is 5.91 Å². The van der Waals surface area contributed by atoms with E-state index < -0.39 is 0 Å². The van der Waals surface area contributed by atoms with Crippen LogP contribution in [0.3, 0.4) is 0 Å². The van der Waals surface area contributed by atoms with E-state index in [9.17, 15) is 4.79 Å². The number of halogens is 1. The lowest BCUT2D eigenvalue weighted by atomic mass is 9.66. The molecule has 1 saturated heterocycles. The molecule has 3 nitrogen and oxygen atoms in total. The number of rotatable bonds is 2. The topological polar surface area (TPSA) is 46.3 Å². The van der Waals surface area contributed by atoms with Crippen LogP contribution in [0.15, 0.2) is 0 Å². The number of amides is 1. The molecule has 16 heavy (non-hydrogen) atoms. The molecule has 94 valence electrons. The number of nitrogens with two attached hydrogens (primary N) is 1. The zero-order chi connectivity index (χ0) is 10.9. The zero-order valence-electron chi connectivity index (χ0n) is 10.1. The second kappa shape index (κ2) is 5.37. The molecule has 1 amide bonds. The van der Waals surface area contributed by atoms with Gasteiger partial charge in [-0.3, -0.25) is 4.79 Å².